The molecule has 5 heteroatoms. The Kier molecular flexibility index (Phi) is 2.71. The zero-order chi connectivity index (χ0) is 8.48. The molecule has 0 saturated heterocycles. The highest BCUT2D eigenvalue weighted by Crippen LogP contribution is 2.23. The maximum atomic E-state index is 10.9. The van der Waals surface area contributed by atoms with Crippen molar-refractivity contribution in [3.8, 4) is 0 Å². The first-order valence-electron chi connectivity index (χ1n) is 3.05. The third-order valence-electron chi connectivity index (χ3n) is 1.38. The van der Waals surface area contributed by atoms with E-state index in [0.717, 1.165) is 6.42 Å². The molecule has 0 radical (unpaired) electrons. The smallest absolute Gasteiger partial charge is 0.225 e. The van der Waals surface area contributed by atoms with Gasteiger partial charge in [0.2, 0.25) is 10.0 Å². The molecular weight excluding hydrogens is 277 g/mol. The van der Waals surface area contributed by atoms with Crippen molar-refractivity contribution in [1.29, 1.82) is 0 Å². The predicted octanol–water partition coefficient (Wildman–Crippen LogP) is 0.922. The molecule has 2 N–H and O–H groups in total. The molecule has 1 aliphatic carbocycles. The van der Waals surface area contributed by atoms with Crippen molar-refractivity contribution in [3.63, 3.8) is 0 Å². The Bertz CT molecular complexity index is 305. The molecule has 11 heavy (non-hydrogen) atoms. The summed E-state index contributed by atoms with van der Waals surface area (Å²) in [5, 5.41) is 4.97. The Labute approximate surface area is 79.5 Å². The number of nitrogens with two attached hydrogens (primary N) is 1. The van der Waals surface area contributed by atoms with E-state index in [0.29, 0.717) is 4.91 Å². The molecule has 62 valence electrons. The minimum absolute atomic E-state index is 0.00685. The molecule has 1 unspecified atom stereocenters. The van der Waals surface area contributed by atoms with Gasteiger partial charge in [-0.2, -0.15) is 0 Å². The number of primary sulfonamides is 1. The van der Waals surface area contributed by atoms with Gasteiger partial charge in [0.1, 0.15) is 0 Å². The van der Waals surface area contributed by atoms with Crippen LogP contribution in [0.3, 0.4) is 0 Å². The van der Waals surface area contributed by atoms with Gasteiger partial charge >= 0.3 is 0 Å². The maximum absolute atomic E-state index is 10.9. The third-order valence-corrected chi connectivity index (χ3v) is 4.06. The lowest BCUT2D eigenvalue weighted by Gasteiger charge is -2.12. The topological polar surface area (TPSA) is 60.2 Å². The van der Waals surface area contributed by atoms with Crippen molar-refractivity contribution in [3.05, 3.63) is 23.1 Å². The summed E-state index contributed by atoms with van der Waals surface area (Å²) >= 11 is 2.07. The summed E-state index contributed by atoms with van der Waals surface area (Å²) in [7, 11) is -3.47. The van der Waals surface area contributed by atoms with Crippen LogP contribution in [0.2, 0.25) is 0 Å². The van der Waals surface area contributed by atoms with Gasteiger partial charge in [-0.3, -0.25) is 0 Å². The molecule has 0 aliphatic heterocycles. The minimum atomic E-state index is -3.47. The number of hydrogen-bond donors (Lipinski definition) is 1. The first-order valence-corrected chi connectivity index (χ1v) is 5.84. The van der Waals surface area contributed by atoms with Crippen LogP contribution in [0.4, 0.5) is 0 Å². The summed E-state index contributed by atoms with van der Waals surface area (Å²) < 4.78 is 21.7. The van der Waals surface area contributed by atoms with E-state index in [2.05, 4.69) is 22.6 Å². The van der Waals surface area contributed by atoms with E-state index in [1.807, 2.05) is 6.08 Å². The van der Waals surface area contributed by atoms with Crippen molar-refractivity contribution in [2.75, 3.05) is 0 Å². The second-order valence-corrected chi connectivity index (χ2v) is 5.31. The SMILES string of the molecule is NS(=O)(=O)C1=CC=CCC1I. The Morgan fingerprint density at radius 3 is 2.64 bits per heavy atom. The van der Waals surface area contributed by atoms with Crippen LogP contribution in [0.1, 0.15) is 6.42 Å². The molecule has 1 aliphatic rings. The summed E-state index contributed by atoms with van der Waals surface area (Å²) in [6.07, 6.45) is 5.93. The summed E-state index contributed by atoms with van der Waals surface area (Å²) in [5.41, 5.74) is 0. The molecule has 1 rings (SSSR count). The second kappa shape index (κ2) is 3.24. The number of halogens is 1. The van der Waals surface area contributed by atoms with Crippen LogP contribution < -0.4 is 5.14 Å². The van der Waals surface area contributed by atoms with Crippen LogP contribution in [0.25, 0.3) is 0 Å². The first kappa shape index (κ1) is 9.21. The van der Waals surface area contributed by atoms with E-state index < -0.39 is 10.0 Å². The monoisotopic (exact) mass is 285 g/mol. The van der Waals surface area contributed by atoms with E-state index in [-0.39, 0.29) is 3.92 Å². The fraction of sp³-hybridized carbons (Fsp3) is 0.333. The van der Waals surface area contributed by atoms with Gasteiger partial charge in [0.15, 0.2) is 0 Å². The van der Waals surface area contributed by atoms with Gasteiger partial charge in [0.05, 0.1) is 8.83 Å². The fourth-order valence-corrected chi connectivity index (χ4v) is 3.14. The van der Waals surface area contributed by atoms with E-state index in [1.54, 1.807) is 12.2 Å². The summed E-state index contributed by atoms with van der Waals surface area (Å²) in [6.45, 7) is 0. The van der Waals surface area contributed by atoms with Crippen LogP contribution in [0.5, 0.6) is 0 Å². The van der Waals surface area contributed by atoms with Gasteiger partial charge in [0, 0.05) is 0 Å². The third kappa shape index (κ3) is 2.28. The van der Waals surface area contributed by atoms with Crippen LogP contribution in [-0.4, -0.2) is 12.3 Å². The molecule has 0 amide bonds. The standard InChI is InChI=1S/C6H8INO2S/c7-5-3-1-2-4-6(5)11(8,9)10/h1-2,4-5H,3H2,(H2,8,9,10). The highest BCUT2D eigenvalue weighted by Gasteiger charge is 2.20. The summed E-state index contributed by atoms with van der Waals surface area (Å²) in [4.78, 5) is 0.320. The average molecular weight is 285 g/mol. The summed E-state index contributed by atoms with van der Waals surface area (Å²) in [6, 6.07) is 0. The Balaban J connectivity index is 3.04. The van der Waals surface area contributed by atoms with Crippen molar-refractivity contribution in [2.24, 2.45) is 5.14 Å². The molecule has 0 spiro atoms. The molecule has 0 heterocycles. The fourth-order valence-electron chi connectivity index (χ4n) is 0.855. The Hall–Kier alpha value is 0.120. The molecule has 0 aromatic carbocycles. The van der Waals surface area contributed by atoms with Crippen molar-refractivity contribution in [1.82, 2.24) is 0 Å². The molecule has 0 bridgehead atoms. The van der Waals surface area contributed by atoms with Gasteiger partial charge in [-0.05, 0) is 12.5 Å². The molecule has 0 fully saturated rings. The lowest BCUT2D eigenvalue weighted by molar-refractivity contribution is 0.602. The first-order chi connectivity index (χ1) is 5.02. The lowest BCUT2D eigenvalue weighted by atomic mass is 10.2. The molecule has 0 saturated carbocycles. The Morgan fingerprint density at radius 2 is 2.27 bits per heavy atom. The van der Waals surface area contributed by atoms with Crippen LogP contribution in [-0.2, 0) is 10.0 Å². The molecule has 0 aromatic heterocycles. The maximum Gasteiger partial charge on any atom is 0.235 e. The average Bonchev–Trinajstić information content (AvgIpc) is 1.86. The zero-order valence-corrected chi connectivity index (χ0v) is 8.67. The van der Waals surface area contributed by atoms with Crippen molar-refractivity contribution < 1.29 is 8.42 Å². The van der Waals surface area contributed by atoms with Gasteiger partial charge in [-0.1, -0.05) is 34.7 Å². The number of hydrogen-bond acceptors (Lipinski definition) is 2. The highest BCUT2D eigenvalue weighted by atomic mass is 127. The number of sulfonamides is 1. The van der Waals surface area contributed by atoms with Crippen molar-refractivity contribution >= 4 is 32.6 Å². The van der Waals surface area contributed by atoms with Gasteiger partial charge < -0.3 is 0 Å². The zero-order valence-electron chi connectivity index (χ0n) is 5.70. The predicted molar refractivity (Wildman–Crippen MR) is 52.8 cm³/mol. The van der Waals surface area contributed by atoms with Gasteiger partial charge in [-0.15, -0.1) is 0 Å². The minimum Gasteiger partial charge on any atom is -0.225 e. The lowest BCUT2D eigenvalue weighted by Crippen LogP contribution is -2.21. The molecule has 3 nitrogen and oxygen atoms in total. The van der Waals surface area contributed by atoms with Crippen LogP contribution >= 0.6 is 22.6 Å². The molecular formula is C6H8INO2S. The second-order valence-electron chi connectivity index (χ2n) is 2.25. The number of rotatable bonds is 1. The van der Waals surface area contributed by atoms with Gasteiger partial charge in [-0.25, -0.2) is 13.6 Å². The summed E-state index contributed by atoms with van der Waals surface area (Å²) in [5.74, 6) is 0. The Morgan fingerprint density at radius 1 is 1.64 bits per heavy atom. The van der Waals surface area contributed by atoms with Crippen molar-refractivity contribution in [2.45, 2.75) is 10.3 Å². The number of alkyl halides is 1. The quantitative estimate of drug-likeness (QED) is 0.575. The van der Waals surface area contributed by atoms with Crippen LogP contribution in [0, 0.1) is 0 Å². The van der Waals surface area contributed by atoms with E-state index in [1.165, 1.54) is 0 Å². The van der Waals surface area contributed by atoms with E-state index in [9.17, 15) is 8.42 Å². The highest BCUT2D eigenvalue weighted by molar-refractivity contribution is 14.1. The van der Waals surface area contributed by atoms with Crippen LogP contribution in [0.15, 0.2) is 23.1 Å². The van der Waals surface area contributed by atoms with E-state index in [4.69, 9.17) is 5.14 Å². The molecule has 0 aromatic rings. The van der Waals surface area contributed by atoms with E-state index >= 15 is 0 Å². The largest absolute Gasteiger partial charge is 0.235 e. The number of allylic oxidation sites excluding steroid dienone is 4. The normalized spacial score (nSPS) is 24.9. The molecule has 1 atom stereocenters. The van der Waals surface area contributed by atoms with Gasteiger partial charge in [0.25, 0.3) is 0 Å².